The van der Waals surface area contributed by atoms with Crippen LogP contribution in [0.25, 0.3) is 0 Å². The molecule has 2 heterocycles. The molecular formula is C10H17N2O8P. The standard InChI is InChI=1S/C10H14N2O5.H3O3P/c1-5-3-12(10(16)11-9(5)15)8-2-6(14)7(4-13)17-8;1-4(2)3/h3,6-8,13-14H,2,4H2,1H3,(H,11,15,16);1-3H/t6-,7+,8+;/m0./s1. The highest BCUT2D eigenvalue weighted by molar-refractivity contribution is 7.38. The molecule has 0 aromatic carbocycles. The molecule has 1 saturated heterocycles. The fourth-order valence-corrected chi connectivity index (χ4v) is 1.85. The number of hydrogen-bond acceptors (Lipinski definition) is 8. The predicted molar refractivity (Wildman–Crippen MR) is 71.3 cm³/mol. The number of aliphatic hydroxyl groups is 2. The van der Waals surface area contributed by atoms with E-state index in [1.165, 1.54) is 10.8 Å². The van der Waals surface area contributed by atoms with E-state index in [1.807, 2.05) is 0 Å². The number of aromatic nitrogens is 2. The number of aryl methyl sites for hydroxylation is 1. The molecule has 1 fully saturated rings. The topological polar surface area (TPSA) is 165 Å². The highest BCUT2D eigenvalue weighted by atomic mass is 31.2. The third kappa shape index (κ3) is 4.97. The Hall–Kier alpha value is -1.13. The maximum absolute atomic E-state index is 11.6. The van der Waals surface area contributed by atoms with Crippen molar-refractivity contribution in [3.8, 4) is 0 Å². The van der Waals surface area contributed by atoms with Gasteiger partial charge < -0.3 is 29.6 Å². The average Bonchev–Trinajstić information content (AvgIpc) is 2.74. The molecular weight excluding hydrogens is 307 g/mol. The van der Waals surface area contributed by atoms with Gasteiger partial charge in [0.2, 0.25) is 0 Å². The van der Waals surface area contributed by atoms with Crippen molar-refractivity contribution in [2.24, 2.45) is 0 Å². The molecule has 3 atom stereocenters. The molecule has 6 N–H and O–H groups in total. The zero-order valence-electron chi connectivity index (χ0n) is 11.1. The van der Waals surface area contributed by atoms with Gasteiger partial charge in [0, 0.05) is 18.2 Å². The largest absolute Gasteiger partial charge is 0.394 e. The van der Waals surface area contributed by atoms with Crippen molar-refractivity contribution in [3.05, 3.63) is 32.6 Å². The third-order valence-electron chi connectivity index (χ3n) is 2.84. The summed E-state index contributed by atoms with van der Waals surface area (Å²) in [6.45, 7) is 1.26. The number of nitrogens with zero attached hydrogens (tertiary/aromatic N) is 1. The summed E-state index contributed by atoms with van der Waals surface area (Å²) in [5.74, 6) is 0. The second-order valence-electron chi connectivity index (χ2n) is 4.36. The fraction of sp³-hybridized carbons (Fsp3) is 0.600. The van der Waals surface area contributed by atoms with Gasteiger partial charge in [-0.2, -0.15) is 0 Å². The van der Waals surface area contributed by atoms with Gasteiger partial charge in [-0.05, 0) is 6.92 Å². The number of H-pyrrole nitrogens is 1. The Kier molecular flexibility index (Phi) is 6.62. The van der Waals surface area contributed by atoms with E-state index in [4.69, 9.17) is 24.5 Å². The molecule has 120 valence electrons. The molecule has 10 nitrogen and oxygen atoms in total. The number of aromatic amines is 1. The second-order valence-corrected chi connectivity index (χ2v) is 4.90. The first-order valence-corrected chi connectivity index (χ1v) is 7.09. The number of aliphatic hydroxyl groups excluding tert-OH is 2. The quantitative estimate of drug-likeness (QED) is 0.330. The van der Waals surface area contributed by atoms with Gasteiger partial charge in [0.1, 0.15) is 12.3 Å². The first kappa shape index (κ1) is 17.9. The van der Waals surface area contributed by atoms with E-state index in [0.29, 0.717) is 5.56 Å². The Balaban J connectivity index is 0.000000491. The highest BCUT2D eigenvalue weighted by Gasteiger charge is 2.34. The van der Waals surface area contributed by atoms with Crippen LogP contribution in [-0.4, -0.2) is 53.3 Å². The molecule has 0 unspecified atom stereocenters. The smallest absolute Gasteiger partial charge is 0.330 e. The summed E-state index contributed by atoms with van der Waals surface area (Å²) in [7, 11) is -2.62. The lowest BCUT2D eigenvalue weighted by molar-refractivity contribution is -0.0459. The van der Waals surface area contributed by atoms with E-state index in [2.05, 4.69) is 4.98 Å². The Bertz CT molecular complexity index is 568. The van der Waals surface area contributed by atoms with Crippen molar-refractivity contribution in [3.63, 3.8) is 0 Å². The maximum Gasteiger partial charge on any atom is 0.330 e. The number of rotatable bonds is 2. The van der Waals surface area contributed by atoms with Crippen LogP contribution in [0.3, 0.4) is 0 Å². The molecule has 1 aromatic rings. The Morgan fingerprint density at radius 2 is 2.00 bits per heavy atom. The summed E-state index contributed by atoms with van der Waals surface area (Å²) in [5, 5.41) is 18.5. The van der Waals surface area contributed by atoms with Crippen LogP contribution in [0, 0.1) is 6.92 Å². The lowest BCUT2D eigenvalue weighted by atomic mass is 10.2. The normalized spacial score (nSPS) is 24.8. The van der Waals surface area contributed by atoms with Crippen LogP contribution in [-0.2, 0) is 4.74 Å². The van der Waals surface area contributed by atoms with Crippen LogP contribution in [0.4, 0.5) is 0 Å². The average molecular weight is 324 g/mol. The zero-order valence-corrected chi connectivity index (χ0v) is 12.0. The van der Waals surface area contributed by atoms with Crippen LogP contribution in [0.15, 0.2) is 15.8 Å². The van der Waals surface area contributed by atoms with Crippen molar-refractivity contribution in [1.29, 1.82) is 0 Å². The molecule has 1 aromatic heterocycles. The first-order valence-electron chi connectivity index (χ1n) is 5.89. The van der Waals surface area contributed by atoms with Crippen molar-refractivity contribution >= 4 is 8.60 Å². The fourth-order valence-electron chi connectivity index (χ4n) is 1.85. The molecule has 0 bridgehead atoms. The monoisotopic (exact) mass is 324 g/mol. The molecule has 1 aliphatic rings. The SMILES string of the molecule is Cc1cn([C@H]2C[C@H](O)[C@@H](CO)O2)c(=O)[nH]c1=O.OP(O)O. The van der Waals surface area contributed by atoms with Gasteiger partial charge in [-0.25, -0.2) is 4.79 Å². The maximum atomic E-state index is 11.6. The van der Waals surface area contributed by atoms with E-state index in [-0.39, 0.29) is 13.0 Å². The van der Waals surface area contributed by atoms with Gasteiger partial charge in [-0.1, -0.05) is 0 Å². The van der Waals surface area contributed by atoms with Crippen molar-refractivity contribution in [1.82, 2.24) is 9.55 Å². The molecule has 0 amide bonds. The van der Waals surface area contributed by atoms with E-state index >= 15 is 0 Å². The van der Waals surface area contributed by atoms with Crippen molar-refractivity contribution < 1.29 is 29.6 Å². The van der Waals surface area contributed by atoms with Crippen LogP contribution in [0.1, 0.15) is 18.2 Å². The molecule has 0 aliphatic carbocycles. The lowest BCUT2D eigenvalue weighted by Gasteiger charge is -2.14. The summed E-state index contributed by atoms with van der Waals surface area (Å²) in [5.41, 5.74) is -0.643. The third-order valence-corrected chi connectivity index (χ3v) is 2.84. The first-order chi connectivity index (χ1) is 9.76. The van der Waals surface area contributed by atoms with Crippen LogP contribution < -0.4 is 11.2 Å². The van der Waals surface area contributed by atoms with E-state index in [1.54, 1.807) is 6.92 Å². The zero-order chi connectivity index (χ0) is 16.2. The molecule has 0 saturated carbocycles. The minimum Gasteiger partial charge on any atom is -0.394 e. The lowest BCUT2D eigenvalue weighted by Crippen LogP contribution is -2.33. The van der Waals surface area contributed by atoms with Gasteiger partial charge >= 0.3 is 14.3 Å². The van der Waals surface area contributed by atoms with Crippen molar-refractivity contribution in [2.75, 3.05) is 6.61 Å². The van der Waals surface area contributed by atoms with Gasteiger partial charge in [0.15, 0.2) is 0 Å². The second kappa shape index (κ2) is 7.76. The highest BCUT2D eigenvalue weighted by Crippen LogP contribution is 2.27. The molecule has 2 rings (SSSR count). The molecule has 21 heavy (non-hydrogen) atoms. The summed E-state index contributed by atoms with van der Waals surface area (Å²) in [4.78, 5) is 46.6. The molecule has 1 aliphatic heterocycles. The Morgan fingerprint density at radius 3 is 2.48 bits per heavy atom. The number of ether oxygens (including phenoxy) is 1. The van der Waals surface area contributed by atoms with Gasteiger partial charge in [0.05, 0.1) is 12.7 Å². The summed E-state index contributed by atoms with van der Waals surface area (Å²) < 4.78 is 6.54. The van der Waals surface area contributed by atoms with Crippen LogP contribution in [0.5, 0.6) is 0 Å². The van der Waals surface area contributed by atoms with E-state index in [0.717, 1.165) is 0 Å². The Morgan fingerprint density at radius 1 is 1.43 bits per heavy atom. The molecule has 0 radical (unpaired) electrons. The van der Waals surface area contributed by atoms with E-state index < -0.39 is 38.3 Å². The molecule has 0 spiro atoms. The van der Waals surface area contributed by atoms with E-state index in [9.17, 15) is 14.7 Å². The number of hydrogen-bond donors (Lipinski definition) is 6. The Labute approximate surface area is 119 Å². The summed E-state index contributed by atoms with van der Waals surface area (Å²) in [6.07, 6.45) is -0.581. The minimum absolute atomic E-state index is 0.205. The van der Waals surface area contributed by atoms with Gasteiger partial charge in [-0.3, -0.25) is 14.3 Å². The van der Waals surface area contributed by atoms with Gasteiger partial charge in [0.25, 0.3) is 5.56 Å². The minimum atomic E-state index is -2.62. The van der Waals surface area contributed by atoms with Gasteiger partial charge in [-0.15, -0.1) is 0 Å². The summed E-state index contributed by atoms with van der Waals surface area (Å²) >= 11 is 0. The van der Waals surface area contributed by atoms with Crippen LogP contribution >= 0.6 is 8.60 Å². The molecule has 11 heteroatoms. The summed E-state index contributed by atoms with van der Waals surface area (Å²) in [6, 6.07) is 0. The predicted octanol–water partition coefficient (Wildman–Crippen LogP) is -2.32. The number of nitrogens with one attached hydrogen (secondary N) is 1. The van der Waals surface area contributed by atoms with Crippen LogP contribution in [0.2, 0.25) is 0 Å². The van der Waals surface area contributed by atoms with Crippen molar-refractivity contribution in [2.45, 2.75) is 31.8 Å².